The Kier molecular flexibility index (Phi) is 4.16. The van der Waals surface area contributed by atoms with Crippen LogP contribution in [-0.2, 0) is 0 Å². The lowest BCUT2D eigenvalue weighted by Gasteiger charge is -2.00. The number of hydrogen-bond donors (Lipinski definition) is 0. The molecule has 6 heteroatoms. The highest BCUT2D eigenvalue weighted by atomic mass is 79.9. The van der Waals surface area contributed by atoms with E-state index in [9.17, 15) is 4.79 Å². The Bertz CT molecular complexity index is 555. The second-order valence-corrected chi connectivity index (χ2v) is 6.87. The number of rotatable bonds is 2. The molecule has 0 saturated heterocycles. The standard InChI is InChI=1S/C11H4BrCl3OS/c12-11-8(15)4-9(17-11)10(16)5-1-6(13)3-7(14)2-5/h1-4H. The molecule has 0 saturated carbocycles. The number of halogens is 4. The van der Waals surface area contributed by atoms with Gasteiger partial charge in [0.05, 0.1) is 13.7 Å². The van der Waals surface area contributed by atoms with E-state index in [2.05, 4.69) is 15.9 Å². The molecule has 1 heterocycles. The van der Waals surface area contributed by atoms with Crippen molar-refractivity contribution >= 4 is 67.9 Å². The Labute approximate surface area is 125 Å². The maximum Gasteiger partial charge on any atom is 0.203 e. The van der Waals surface area contributed by atoms with Crippen molar-refractivity contribution < 1.29 is 4.79 Å². The van der Waals surface area contributed by atoms with Gasteiger partial charge in [0.15, 0.2) is 0 Å². The van der Waals surface area contributed by atoms with Crippen molar-refractivity contribution in [1.82, 2.24) is 0 Å². The molecule has 0 unspecified atom stereocenters. The number of carbonyl (C=O) groups excluding carboxylic acids is 1. The Morgan fingerprint density at radius 3 is 2.12 bits per heavy atom. The first-order valence-corrected chi connectivity index (χ1v) is 7.17. The second-order valence-electron chi connectivity index (χ2n) is 3.22. The van der Waals surface area contributed by atoms with E-state index in [1.807, 2.05) is 0 Å². The molecule has 1 aromatic carbocycles. The summed E-state index contributed by atoms with van der Waals surface area (Å²) in [6, 6.07) is 6.36. The van der Waals surface area contributed by atoms with Crippen LogP contribution >= 0.6 is 62.1 Å². The van der Waals surface area contributed by atoms with Crippen LogP contribution < -0.4 is 0 Å². The third-order valence-electron chi connectivity index (χ3n) is 1.99. The molecule has 2 aromatic rings. The van der Waals surface area contributed by atoms with E-state index in [0.29, 0.717) is 25.5 Å². The molecule has 0 amide bonds. The highest BCUT2D eigenvalue weighted by Gasteiger charge is 2.15. The molecule has 2 rings (SSSR count). The van der Waals surface area contributed by atoms with Crippen molar-refractivity contribution in [3.8, 4) is 0 Å². The highest BCUT2D eigenvalue weighted by Crippen LogP contribution is 2.33. The molecule has 0 N–H and O–H groups in total. The minimum absolute atomic E-state index is 0.146. The number of ketones is 1. The third kappa shape index (κ3) is 3.04. The predicted octanol–water partition coefficient (Wildman–Crippen LogP) is 5.70. The molecule has 1 aromatic heterocycles. The van der Waals surface area contributed by atoms with Crippen LogP contribution in [0.25, 0.3) is 0 Å². The Morgan fingerprint density at radius 2 is 1.65 bits per heavy atom. The second kappa shape index (κ2) is 5.29. The molecule has 0 atom stereocenters. The van der Waals surface area contributed by atoms with Crippen molar-refractivity contribution in [2.45, 2.75) is 0 Å². The molecule has 0 aliphatic rings. The highest BCUT2D eigenvalue weighted by molar-refractivity contribution is 9.11. The minimum atomic E-state index is -0.146. The van der Waals surface area contributed by atoms with Gasteiger partial charge in [0.1, 0.15) is 0 Å². The molecule has 0 aliphatic carbocycles. The Balaban J connectivity index is 2.43. The van der Waals surface area contributed by atoms with Gasteiger partial charge in [-0.25, -0.2) is 0 Å². The SMILES string of the molecule is O=C(c1cc(Cl)cc(Cl)c1)c1cc(Cl)c(Br)s1. The maximum absolute atomic E-state index is 12.1. The summed E-state index contributed by atoms with van der Waals surface area (Å²) in [5, 5.41) is 1.39. The third-order valence-corrected chi connectivity index (χ3v) is 4.90. The van der Waals surface area contributed by atoms with E-state index < -0.39 is 0 Å². The Hall–Kier alpha value is -0.0600. The van der Waals surface area contributed by atoms with E-state index in [-0.39, 0.29) is 5.78 Å². The minimum Gasteiger partial charge on any atom is -0.288 e. The zero-order valence-corrected chi connectivity index (χ0v) is 12.8. The topological polar surface area (TPSA) is 17.1 Å². The Morgan fingerprint density at radius 1 is 1.06 bits per heavy atom. The van der Waals surface area contributed by atoms with Gasteiger partial charge in [-0.3, -0.25) is 4.79 Å². The summed E-state index contributed by atoms with van der Waals surface area (Å²) in [6.07, 6.45) is 0. The summed E-state index contributed by atoms with van der Waals surface area (Å²) in [5.74, 6) is -0.146. The van der Waals surface area contributed by atoms with Gasteiger partial charge in [-0.05, 0) is 40.2 Å². The van der Waals surface area contributed by atoms with E-state index in [4.69, 9.17) is 34.8 Å². The molecular weight excluding hydrogens is 366 g/mol. The fourth-order valence-corrected chi connectivity index (χ4v) is 3.48. The average Bonchev–Trinajstić information content (AvgIpc) is 2.57. The van der Waals surface area contributed by atoms with Crippen LogP contribution in [0.1, 0.15) is 15.2 Å². The van der Waals surface area contributed by atoms with Crippen LogP contribution in [-0.4, -0.2) is 5.78 Å². The summed E-state index contributed by atoms with van der Waals surface area (Å²) in [6.45, 7) is 0. The zero-order chi connectivity index (χ0) is 12.6. The van der Waals surface area contributed by atoms with Crippen molar-refractivity contribution in [1.29, 1.82) is 0 Å². The lowest BCUT2D eigenvalue weighted by Crippen LogP contribution is -1.98. The lowest BCUT2D eigenvalue weighted by molar-refractivity contribution is 0.104. The smallest absolute Gasteiger partial charge is 0.203 e. The first kappa shape index (κ1) is 13.4. The van der Waals surface area contributed by atoms with Crippen LogP contribution in [0.4, 0.5) is 0 Å². The fraction of sp³-hybridized carbons (Fsp3) is 0. The van der Waals surface area contributed by atoms with Gasteiger partial charge in [-0.2, -0.15) is 0 Å². The van der Waals surface area contributed by atoms with Crippen LogP contribution in [0.3, 0.4) is 0 Å². The van der Waals surface area contributed by atoms with Gasteiger partial charge in [-0.15, -0.1) is 11.3 Å². The lowest BCUT2D eigenvalue weighted by atomic mass is 10.1. The van der Waals surface area contributed by atoms with E-state index in [1.54, 1.807) is 24.3 Å². The van der Waals surface area contributed by atoms with Crippen LogP contribution in [0.5, 0.6) is 0 Å². The van der Waals surface area contributed by atoms with E-state index in [1.165, 1.54) is 11.3 Å². The average molecular weight is 370 g/mol. The van der Waals surface area contributed by atoms with Gasteiger partial charge in [0, 0.05) is 15.6 Å². The molecule has 88 valence electrons. The van der Waals surface area contributed by atoms with E-state index >= 15 is 0 Å². The van der Waals surface area contributed by atoms with Crippen LogP contribution in [0.2, 0.25) is 15.1 Å². The van der Waals surface area contributed by atoms with Gasteiger partial charge in [0.2, 0.25) is 5.78 Å². The molecule has 0 fully saturated rings. The molecule has 0 spiro atoms. The predicted molar refractivity (Wildman–Crippen MR) is 76.9 cm³/mol. The normalized spacial score (nSPS) is 10.6. The summed E-state index contributed by atoms with van der Waals surface area (Å²) in [4.78, 5) is 12.7. The first-order valence-electron chi connectivity index (χ1n) is 4.43. The summed E-state index contributed by atoms with van der Waals surface area (Å²) < 4.78 is 0.732. The first-order chi connectivity index (χ1) is 7.97. The molecule has 0 aliphatic heterocycles. The summed E-state index contributed by atoms with van der Waals surface area (Å²) in [7, 11) is 0. The van der Waals surface area contributed by atoms with Crippen LogP contribution in [0, 0.1) is 0 Å². The maximum atomic E-state index is 12.1. The molecular formula is C11H4BrCl3OS. The number of carbonyl (C=O) groups is 1. The molecule has 0 bridgehead atoms. The monoisotopic (exact) mass is 368 g/mol. The van der Waals surface area contributed by atoms with E-state index in [0.717, 1.165) is 3.79 Å². The zero-order valence-electron chi connectivity index (χ0n) is 8.14. The fourth-order valence-electron chi connectivity index (χ4n) is 1.29. The van der Waals surface area contributed by atoms with Crippen molar-refractivity contribution in [2.24, 2.45) is 0 Å². The van der Waals surface area contributed by atoms with Gasteiger partial charge < -0.3 is 0 Å². The summed E-state index contributed by atoms with van der Waals surface area (Å²) >= 11 is 22.1. The van der Waals surface area contributed by atoms with Gasteiger partial charge >= 0.3 is 0 Å². The number of benzene rings is 1. The van der Waals surface area contributed by atoms with Crippen molar-refractivity contribution in [2.75, 3.05) is 0 Å². The number of thiophene rings is 1. The quantitative estimate of drug-likeness (QED) is 0.620. The van der Waals surface area contributed by atoms with Crippen molar-refractivity contribution in [3.05, 3.63) is 53.6 Å². The summed E-state index contributed by atoms with van der Waals surface area (Å²) in [5.41, 5.74) is 0.452. The van der Waals surface area contributed by atoms with Crippen molar-refractivity contribution in [3.63, 3.8) is 0 Å². The largest absolute Gasteiger partial charge is 0.288 e. The van der Waals surface area contributed by atoms with Gasteiger partial charge in [-0.1, -0.05) is 34.8 Å². The molecule has 0 radical (unpaired) electrons. The van der Waals surface area contributed by atoms with Gasteiger partial charge in [0.25, 0.3) is 0 Å². The molecule has 1 nitrogen and oxygen atoms in total. The number of hydrogen-bond acceptors (Lipinski definition) is 2. The van der Waals surface area contributed by atoms with Crippen LogP contribution in [0.15, 0.2) is 28.1 Å². The molecule has 17 heavy (non-hydrogen) atoms.